The minimum atomic E-state index is 0.274. The van der Waals surface area contributed by atoms with Crippen LogP contribution in [0.1, 0.15) is 45.4 Å². The summed E-state index contributed by atoms with van der Waals surface area (Å²) in [5.74, 6) is 1.56. The zero-order valence-corrected chi connectivity index (χ0v) is 10.3. The van der Waals surface area contributed by atoms with Gasteiger partial charge >= 0.3 is 0 Å². The van der Waals surface area contributed by atoms with E-state index in [-0.39, 0.29) is 5.91 Å². The quantitative estimate of drug-likeness (QED) is 0.763. The number of piperidine rings is 1. The zero-order valence-electron chi connectivity index (χ0n) is 10.3. The Morgan fingerprint density at radius 3 is 2.56 bits per heavy atom. The fourth-order valence-electron chi connectivity index (χ4n) is 2.71. The predicted octanol–water partition coefficient (Wildman–Crippen LogP) is 1.68. The lowest BCUT2D eigenvalue weighted by Gasteiger charge is -2.30. The number of hydrogen-bond acceptors (Lipinski definition) is 2. The molecule has 92 valence electrons. The number of nitrogens with one attached hydrogen (secondary N) is 2. The van der Waals surface area contributed by atoms with Crippen molar-refractivity contribution in [3.05, 3.63) is 0 Å². The first kappa shape index (κ1) is 11.9. The fourth-order valence-corrected chi connectivity index (χ4v) is 2.71. The third-order valence-electron chi connectivity index (χ3n) is 4.17. The van der Waals surface area contributed by atoms with Gasteiger partial charge in [0.1, 0.15) is 0 Å². The van der Waals surface area contributed by atoms with E-state index in [4.69, 9.17) is 0 Å². The molecule has 1 amide bonds. The predicted molar refractivity (Wildman–Crippen MR) is 65.2 cm³/mol. The smallest absolute Gasteiger partial charge is 0.220 e. The van der Waals surface area contributed by atoms with Crippen LogP contribution in [0.15, 0.2) is 0 Å². The molecule has 0 aromatic rings. The molecule has 2 N–H and O–H groups in total. The van der Waals surface area contributed by atoms with Gasteiger partial charge in [-0.2, -0.15) is 0 Å². The molecular formula is C13H24N2O. The largest absolute Gasteiger partial charge is 0.353 e. The van der Waals surface area contributed by atoms with E-state index in [1.807, 2.05) is 0 Å². The maximum atomic E-state index is 11.8. The summed E-state index contributed by atoms with van der Waals surface area (Å²) in [4.78, 5) is 11.8. The van der Waals surface area contributed by atoms with Gasteiger partial charge in [0.05, 0.1) is 0 Å². The summed E-state index contributed by atoms with van der Waals surface area (Å²) in [7, 11) is 0. The molecule has 3 heteroatoms. The molecule has 1 saturated carbocycles. The highest BCUT2D eigenvalue weighted by Crippen LogP contribution is 2.25. The van der Waals surface area contributed by atoms with Gasteiger partial charge < -0.3 is 10.6 Å². The Morgan fingerprint density at radius 1 is 1.31 bits per heavy atom. The number of rotatable bonds is 4. The number of amides is 1. The van der Waals surface area contributed by atoms with Crippen LogP contribution in [-0.2, 0) is 4.79 Å². The van der Waals surface area contributed by atoms with E-state index in [1.54, 1.807) is 0 Å². The highest BCUT2D eigenvalue weighted by atomic mass is 16.1. The van der Waals surface area contributed by atoms with Crippen molar-refractivity contribution in [3.8, 4) is 0 Å². The maximum absolute atomic E-state index is 11.8. The first-order valence-corrected chi connectivity index (χ1v) is 6.76. The first-order valence-electron chi connectivity index (χ1n) is 6.76. The Bertz CT molecular complexity index is 232. The lowest BCUT2D eigenvalue weighted by molar-refractivity contribution is -0.123. The third-order valence-corrected chi connectivity index (χ3v) is 4.17. The van der Waals surface area contributed by atoms with E-state index in [0.717, 1.165) is 25.4 Å². The van der Waals surface area contributed by atoms with Gasteiger partial charge in [-0.25, -0.2) is 0 Å². The Kier molecular flexibility index (Phi) is 4.22. The molecule has 1 aliphatic carbocycles. The molecule has 0 radical (unpaired) electrons. The van der Waals surface area contributed by atoms with Crippen LogP contribution in [0.3, 0.4) is 0 Å². The molecule has 1 aliphatic heterocycles. The van der Waals surface area contributed by atoms with Crippen LogP contribution >= 0.6 is 0 Å². The number of carbonyl (C=O) groups is 1. The topological polar surface area (TPSA) is 41.1 Å². The molecule has 0 aromatic carbocycles. The average molecular weight is 224 g/mol. The molecule has 0 aromatic heterocycles. The van der Waals surface area contributed by atoms with E-state index < -0.39 is 0 Å². The van der Waals surface area contributed by atoms with Gasteiger partial charge in [-0.05, 0) is 57.0 Å². The molecule has 0 bridgehead atoms. The summed E-state index contributed by atoms with van der Waals surface area (Å²) in [5.41, 5.74) is 0. The summed E-state index contributed by atoms with van der Waals surface area (Å²) in [5, 5.41) is 6.50. The highest BCUT2D eigenvalue weighted by molar-refractivity contribution is 5.76. The van der Waals surface area contributed by atoms with E-state index >= 15 is 0 Å². The Hall–Kier alpha value is -0.570. The Balaban J connectivity index is 1.68. The van der Waals surface area contributed by atoms with Crippen LogP contribution in [0.25, 0.3) is 0 Å². The first-order chi connectivity index (χ1) is 7.75. The summed E-state index contributed by atoms with van der Waals surface area (Å²) in [6.45, 7) is 4.48. The molecule has 16 heavy (non-hydrogen) atoms. The normalized spacial score (nSPS) is 24.8. The molecule has 3 nitrogen and oxygen atoms in total. The van der Waals surface area contributed by atoms with Crippen molar-refractivity contribution < 1.29 is 4.79 Å². The van der Waals surface area contributed by atoms with Crippen molar-refractivity contribution in [2.75, 3.05) is 13.1 Å². The van der Waals surface area contributed by atoms with Crippen molar-refractivity contribution in [2.45, 2.75) is 51.5 Å². The summed E-state index contributed by atoms with van der Waals surface area (Å²) >= 11 is 0. The lowest BCUT2D eigenvalue weighted by Crippen LogP contribution is -2.41. The summed E-state index contributed by atoms with van der Waals surface area (Å²) < 4.78 is 0. The molecule has 2 fully saturated rings. The van der Waals surface area contributed by atoms with E-state index in [2.05, 4.69) is 17.6 Å². The van der Waals surface area contributed by atoms with Crippen LogP contribution in [0.4, 0.5) is 0 Å². The van der Waals surface area contributed by atoms with E-state index in [0.29, 0.717) is 12.0 Å². The average Bonchev–Trinajstić information content (AvgIpc) is 2.25. The van der Waals surface area contributed by atoms with E-state index in [9.17, 15) is 4.79 Å². The number of carbonyl (C=O) groups excluding carboxylic acids is 1. The van der Waals surface area contributed by atoms with Gasteiger partial charge in [-0.15, -0.1) is 0 Å². The lowest BCUT2D eigenvalue weighted by atomic mass is 9.83. The second-order valence-corrected chi connectivity index (χ2v) is 5.46. The molecule has 0 spiro atoms. The molecule has 1 unspecified atom stereocenters. The van der Waals surface area contributed by atoms with Crippen LogP contribution < -0.4 is 10.6 Å². The second-order valence-electron chi connectivity index (χ2n) is 5.46. The molecule has 1 atom stereocenters. The van der Waals surface area contributed by atoms with Gasteiger partial charge in [-0.3, -0.25) is 4.79 Å². The summed E-state index contributed by atoms with van der Waals surface area (Å²) in [6, 6.07) is 0.493. The molecule has 1 saturated heterocycles. The molecule has 2 rings (SSSR count). The van der Waals surface area contributed by atoms with Gasteiger partial charge in [0.25, 0.3) is 0 Å². The van der Waals surface area contributed by atoms with Gasteiger partial charge in [0.2, 0.25) is 5.91 Å². The molecule has 1 heterocycles. The van der Waals surface area contributed by atoms with Gasteiger partial charge in [0.15, 0.2) is 0 Å². The Morgan fingerprint density at radius 2 is 2.00 bits per heavy atom. The SMILES string of the molecule is CC(CC(=O)NC1CCC1)C1CCNCC1. The molecular weight excluding hydrogens is 200 g/mol. The van der Waals surface area contributed by atoms with E-state index in [1.165, 1.54) is 32.1 Å². The Labute approximate surface area is 98.4 Å². The van der Waals surface area contributed by atoms with Crippen LogP contribution in [0.2, 0.25) is 0 Å². The monoisotopic (exact) mass is 224 g/mol. The minimum absolute atomic E-state index is 0.274. The second kappa shape index (κ2) is 5.67. The summed E-state index contributed by atoms with van der Waals surface area (Å²) in [6.07, 6.45) is 6.85. The van der Waals surface area contributed by atoms with Crippen molar-refractivity contribution >= 4 is 5.91 Å². The van der Waals surface area contributed by atoms with Crippen molar-refractivity contribution in [1.82, 2.24) is 10.6 Å². The third kappa shape index (κ3) is 3.21. The van der Waals surface area contributed by atoms with Gasteiger partial charge in [-0.1, -0.05) is 6.92 Å². The van der Waals surface area contributed by atoms with Crippen molar-refractivity contribution in [1.29, 1.82) is 0 Å². The van der Waals surface area contributed by atoms with Crippen LogP contribution in [-0.4, -0.2) is 25.0 Å². The molecule has 2 aliphatic rings. The zero-order chi connectivity index (χ0) is 11.4. The van der Waals surface area contributed by atoms with Crippen molar-refractivity contribution in [3.63, 3.8) is 0 Å². The highest BCUT2D eigenvalue weighted by Gasteiger charge is 2.24. The fraction of sp³-hybridized carbons (Fsp3) is 0.923. The standard InChI is InChI=1S/C13H24N2O/c1-10(11-5-7-14-8-6-11)9-13(16)15-12-3-2-4-12/h10-12,14H,2-9H2,1H3,(H,15,16). The van der Waals surface area contributed by atoms with Crippen molar-refractivity contribution in [2.24, 2.45) is 11.8 Å². The minimum Gasteiger partial charge on any atom is -0.353 e. The van der Waals surface area contributed by atoms with Gasteiger partial charge in [0, 0.05) is 12.5 Å². The van der Waals surface area contributed by atoms with Crippen LogP contribution in [0, 0.1) is 11.8 Å². The van der Waals surface area contributed by atoms with Crippen LogP contribution in [0.5, 0.6) is 0 Å². The number of hydrogen-bond donors (Lipinski definition) is 2. The maximum Gasteiger partial charge on any atom is 0.220 e.